The summed E-state index contributed by atoms with van der Waals surface area (Å²) in [5, 5.41) is 30.1. The number of amides is 6. The van der Waals surface area contributed by atoms with Crippen molar-refractivity contribution in [3.63, 3.8) is 0 Å². The predicted molar refractivity (Wildman–Crippen MR) is 224 cm³/mol. The number of carbonyl (C=O) groups is 6. The van der Waals surface area contributed by atoms with Gasteiger partial charge < -0.3 is 40.1 Å². The first kappa shape index (κ1) is 45.5. The van der Waals surface area contributed by atoms with Crippen molar-refractivity contribution in [2.24, 2.45) is 47.3 Å². The second-order valence-electron chi connectivity index (χ2n) is 17.8. The third-order valence-corrected chi connectivity index (χ3v) is 13.3. The van der Waals surface area contributed by atoms with Gasteiger partial charge in [0.25, 0.3) is 0 Å². The van der Waals surface area contributed by atoms with E-state index in [4.69, 9.17) is 9.47 Å². The Morgan fingerprint density at radius 3 is 1.31 bits per heavy atom. The molecule has 0 spiro atoms. The molecule has 4 aliphatic carbocycles. The van der Waals surface area contributed by atoms with Crippen LogP contribution in [0.3, 0.4) is 0 Å². The van der Waals surface area contributed by atoms with Crippen LogP contribution in [0.5, 0.6) is 0 Å². The molecule has 0 heterocycles. The highest BCUT2D eigenvalue weighted by molar-refractivity contribution is 6.01. The Bertz CT molecular complexity index is 1710. The molecule has 0 saturated heterocycles. The largest absolute Gasteiger partial charge is 0.445 e. The van der Waals surface area contributed by atoms with Crippen LogP contribution in [0, 0.1) is 47.3 Å². The van der Waals surface area contributed by atoms with Crippen molar-refractivity contribution < 1.29 is 48.5 Å². The van der Waals surface area contributed by atoms with E-state index in [1.54, 1.807) is 9.80 Å². The molecule has 4 bridgehead atoms. The lowest BCUT2D eigenvalue weighted by Crippen LogP contribution is -2.53. The normalized spacial score (nSPS) is 27.1. The van der Waals surface area contributed by atoms with E-state index in [1.807, 2.05) is 88.4 Å². The summed E-state index contributed by atoms with van der Waals surface area (Å²) in [5.41, 5.74) is 1.75. The van der Waals surface area contributed by atoms with Gasteiger partial charge in [0.15, 0.2) is 0 Å². The number of nitrogens with zero attached hydrogens (tertiary/aromatic N) is 2. The van der Waals surface area contributed by atoms with E-state index in [-0.39, 0.29) is 62.0 Å². The first-order valence-corrected chi connectivity index (χ1v) is 22.0. The Morgan fingerprint density at radius 2 is 0.951 bits per heavy atom. The monoisotopic (exact) mass is 845 g/mol. The average molecular weight is 846 g/mol. The quantitative estimate of drug-likeness (QED) is 0.108. The summed E-state index contributed by atoms with van der Waals surface area (Å²) in [6.45, 7) is 8.99. The number of benzene rings is 2. The van der Waals surface area contributed by atoms with Gasteiger partial charge in [-0.05, 0) is 101 Å². The van der Waals surface area contributed by atoms with Crippen molar-refractivity contribution in [3.8, 4) is 0 Å². The molecule has 15 heteroatoms. The van der Waals surface area contributed by atoms with Crippen molar-refractivity contribution in [2.75, 3.05) is 26.2 Å². The van der Waals surface area contributed by atoms with Gasteiger partial charge in [0.05, 0.1) is 35.9 Å². The summed E-state index contributed by atoms with van der Waals surface area (Å²) < 4.78 is 11.0. The van der Waals surface area contributed by atoms with Crippen LogP contribution in [-0.4, -0.2) is 106 Å². The molecule has 10 unspecified atom stereocenters. The third-order valence-electron chi connectivity index (χ3n) is 13.3. The summed E-state index contributed by atoms with van der Waals surface area (Å²) in [6.07, 6.45) is 0.0779. The summed E-state index contributed by atoms with van der Waals surface area (Å²) in [7, 11) is 0. The van der Waals surface area contributed by atoms with Gasteiger partial charge in [-0.15, -0.1) is 0 Å². The summed E-state index contributed by atoms with van der Waals surface area (Å²) in [5.74, 6) is -6.92. The lowest BCUT2D eigenvalue weighted by atomic mass is 9.75. The molecular formula is C46H63N5O10. The minimum Gasteiger partial charge on any atom is -0.445 e. The molecule has 10 atom stereocenters. The first-order chi connectivity index (χ1) is 29.2. The van der Waals surface area contributed by atoms with E-state index >= 15 is 0 Å². The lowest BCUT2D eigenvalue weighted by Gasteiger charge is -2.34. The molecule has 0 aliphatic heterocycles. The molecule has 4 fully saturated rings. The molecule has 2 aromatic carbocycles. The Balaban J connectivity index is 1.00. The topological polar surface area (TPSA) is 204 Å². The van der Waals surface area contributed by atoms with Gasteiger partial charge in [-0.2, -0.15) is 0 Å². The molecule has 0 aromatic heterocycles. The van der Waals surface area contributed by atoms with E-state index in [0.717, 1.165) is 11.1 Å². The minimum absolute atomic E-state index is 0.137. The molecule has 4 saturated carbocycles. The number of hydrogen-bond donors (Lipinski definition) is 5. The minimum atomic E-state index is -0.947. The average Bonchev–Trinajstić information content (AvgIpc) is 4.01. The Hall–Kier alpha value is -5.02. The smallest absolute Gasteiger partial charge is 0.410 e. The Labute approximate surface area is 358 Å². The number of imide groups is 1. The standard InChI is InChI=1S/C46H63N5O10/c1-27(2)50(45(58)60-25-29-13-7-5-8-14-29)19-11-17-47-41(54)37-31-21-33(35(52)23-31)39(37)43(56)49-44(57)40-34-22-32(24-36(34)53)38(40)42(55)48-18-12-20-51(28(3)4)46(59)61-26-30-15-9-6-10-16-30/h5-10,13-16,27-28,31-40,52-53H,11-12,17-26H2,1-4H3,(H,47,54)(H,48,55)(H,49,56,57). The Kier molecular flexibility index (Phi) is 15.4. The van der Waals surface area contributed by atoms with Gasteiger partial charge in [0.1, 0.15) is 13.2 Å². The summed E-state index contributed by atoms with van der Waals surface area (Å²) in [4.78, 5) is 84.3. The molecule has 6 rings (SSSR count). The molecule has 332 valence electrons. The van der Waals surface area contributed by atoms with Gasteiger partial charge in [0.2, 0.25) is 23.6 Å². The molecule has 4 aliphatic rings. The van der Waals surface area contributed by atoms with Crippen LogP contribution in [0.1, 0.15) is 77.3 Å². The van der Waals surface area contributed by atoms with Crippen LogP contribution in [0.2, 0.25) is 0 Å². The number of carbonyl (C=O) groups excluding carboxylic acids is 6. The second-order valence-corrected chi connectivity index (χ2v) is 17.8. The van der Waals surface area contributed by atoms with Gasteiger partial charge in [-0.3, -0.25) is 24.5 Å². The van der Waals surface area contributed by atoms with E-state index in [0.29, 0.717) is 51.6 Å². The SMILES string of the molecule is CC(C)N(CCCNC(=O)C1C2CC(O)C(C2)C1C(=O)NC(=O)C1C2CC(CC2O)C1C(=O)NCCCN(C(=O)OCc1ccccc1)C(C)C)C(=O)OCc1ccccc1. The van der Waals surface area contributed by atoms with Crippen LogP contribution >= 0.6 is 0 Å². The van der Waals surface area contributed by atoms with E-state index in [9.17, 15) is 39.0 Å². The zero-order chi connectivity index (χ0) is 43.8. The zero-order valence-electron chi connectivity index (χ0n) is 35.7. The van der Waals surface area contributed by atoms with Crippen LogP contribution in [0.25, 0.3) is 0 Å². The molecular weight excluding hydrogens is 783 g/mol. The molecule has 0 radical (unpaired) electrons. The maximum atomic E-state index is 14.0. The van der Waals surface area contributed by atoms with Crippen molar-refractivity contribution in [1.29, 1.82) is 0 Å². The number of rotatable bonds is 18. The number of aliphatic hydroxyl groups is 2. The molecule has 2 aromatic rings. The molecule has 15 nitrogen and oxygen atoms in total. The number of aliphatic hydroxyl groups excluding tert-OH is 2. The van der Waals surface area contributed by atoms with Gasteiger partial charge >= 0.3 is 12.2 Å². The number of nitrogens with one attached hydrogen (secondary N) is 3. The Morgan fingerprint density at radius 1 is 0.574 bits per heavy atom. The summed E-state index contributed by atoms with van der Waals surface area (Å²) >= 11 is 0. The number of ether oxygens (including phenoxy) is 2. The maximum absolute atomic E-state index is 14.0. The third kappa shape index (κ3) is 10.9. The van der Waals surface area contributed by atoms with E-state index in [1.165, 1.54) is 0 Å². The first-order valence-electron chi connectivity index (χ1n) is 22.0. The zero-order valence-corrected chi connectivity index (χ0v) is 35.7. The predicted octanol–water partition coefficient (Wildman–Crippen LogP) is 4.00. The van der Waals surface area contributed by atoms with Crippen LogP contribution < -0.4 is 16.0 Å². The second kappa shape index (κ2) is 20.7. The fourth-order valence-corrected chi connectivity index (χ4v) is 10.3. The number of hydrogen-bond acceptors (Lipinski definition) is 10. The van der Waals surface area contributed by atoms with Gasteiger partial charge in [0, 0.05) is 38.3 Å². The maximum Gasteiger partial charge on any atom is 0.410 e. The van der Waals surface area contributed by atoms with E-state index < -0.39 is 71.7 Å². The van der Waals surface area contributed by atoms with Crippen molar-refractivity contribution in [2.45, 2.75) is 104 Å². The highest BCUT2D eigenvalue weighted by atomic mass is 16.6. The number of fused-ring (bicyclic) bond motifs is 4. The lowest BCUT2D eigenvalue weighted by molar-refractivity contribution is -0.147. The highest BCUT2D eigenvalue weighted by Crippen LogP contribution is 2.54. The van der Waals surface area contributed by atoms with Crippen LogP contribution in [0.15, 0.2) is 60.7 Å². The van der Waals surface area contributed by atoms with E-state index in [2.05, 4.69) is 16.0 Å². The fourth-order valence-electron chi connectivity index (χ4n) is 10.3. The fraction of sp³-hybridized carbons (Fsp3) is 0.609. The van der Waals surface area contributed by atoms with Gasteiger partial charge in [-0.25, -0.2) is 9.59 Å². The molecule has 5 N–H and O–H groups in total. The van der Waals surface area contributed by atoms with Crippen molar-refractivity contribution in [1.82, 2.24) is 25.8 Å². The van der Waals surface area contributed by atoms with Crippen molar-refractivity contribution >= 4 is 35.8 Å². The van der Waals surface area contributed by atoms with Crippen LogP contribution in [0.4, 0.5) is 9.59 Å². The molecule has 6 amide bonds. The molecule has 61 heavy (non-hydrogen) atoms. The van der Waals surface area contributed by atoms with Crippen LogP contribution in [-0.2, 0) is 41.9 Å². The van der Waals surface area contributed by atoms with Crippen molar-refractivity contribution in [3.05, 3.63) is 71.8 Å². The van der Waals surface area contributed by atoms with Gasteiger partial charge in [-0.1, -0.05) is 60.7 Å². The highest BCUT2D eigenvalue weighted by Gasteiger charge is 2.60. The summed E-state index contributed by atoms with van der Waals surface area (Å²) in [6, 6.07) is 18.5.